The first-order chi connectivity index (χ1) is 9.56. The van der Waals surface area contributed by atoms with Gasteiger partial charge in [0.15, 0.2) is 0 Å². The zero-order chi connectivity index (χ0) is 14.5. The molecule has 0 heterocycles. The standard InChI is InChI=1S/C17H25NO2/c1-13-7-9-15(10-8-13)12-18(11-14(2)17(19)20)16-5-3-4-6-16/h7-10,14,16H,3-6,11-12H2,1-2H3,(H,19,20). The molecule has 110 valence electrons. The van der Waals surface area contributed by atoms with Gasteiger partial charge in [-0.05, 0) is 25.3 Å². The van der Waals surface area contributed by atoms with Gasteiger partial charge in [0.25, 0.3) is 0 Å². The Kier molecular flexibility index (Phi) is 5.18. The Hall–Kier alpha value is -1.35. The lowest BCUT2D eigenvalue weighted by molar-refractivity contribution is -0.142. The van der Waals surface area contributed by atoms with E-state index in [4.69, 9.17) is 5.11 Å². The molecular weight excluding hydrogens is 250 g/mol. The molecule has 1 atom stereocenters. The van der Waals surface area contributed by atoms with Gasteiger partial charge in [-0.1, -0.05) is 49.6 Å². The van der Waals surface area contributed by atoms with E-state index in [2.05, 4.69) is 36.1 Å². The highest BCUT2D eigenvalue weighted by atomic mass is 16.4. The second-order valence-corrected chi connectivity index (χ2v) is 6.09. The summed E-state index contributed by atoms with van der Waals surface area (Å²) in [4.78, 5) is 13.5. The third-order valence-electron chi connectivity index (χ3n) is 4.28. The van der Waals surface area contributed by atoms with Crippen LogP contribution in [0.25, 0.3) is 0 Å². The van der Waals surface area contributed by atoms with E-state index in [-0.39, 0.29) is 5.92 Å². The van der Waals surface area contributed by atoms with E-state index in [1.54, 1.807) is 6.92 Å². The zero-order valence-corrected chi connectivity index (χ0v) is 12.5. The average Bonchev–Trinajstić information content (AvgIpc) is 2.94. The molecule has 1 aliphatic rings. The van der Waals surface area contributed by atoms with Gasteiger partial charge in [0.05, 0.1) is 5.92 Å². The summed E-state index contributed by atoms with van der Waals surface area (Å²) in [6.45, 7) is 5.40. The summed E-state index contributed by atoms with van der Waals surface area (Å²) in [5.74, 6) is -1.00. The van der Waals surface area contributed by atoms with Crippen LogP contribution in [0.2, 0.25) is 0 Å². The number of benzene rings is 1. The third kappa shape index (κ3) is 4.07. The van der Waals surface area contributed by atoms with Gasteiger partial charge in [0.1, 0.15) is 0 Å². The molecule has 1 unspecified atom stereocenters. The van der Waals surface area contributed by atoms with E-state index >= 15 is 0 Å². The third-order valence-corrected chi connectivity index (χ3v) is 4.28. The molecule has 0 aliphatic heterocycles. The minimum atomic E-state index is -0.697. The minimum absolute atomic E-state index is 0.305. The summed E-state index contributed by atoms with van der Waals surface area (Å²) in [6, 6.07) is 9.12. The van der Waals surface area contributed by atoms with Gasteiger partial charge < -0.3 is 5.11 Å². The summed E-state index contributed by atoms with van der Waals surface area (Å²) < 4.78 is 0. The first kappa shape index (κ1) is 15.0. The van der Waals surface area contributed by atoms with E-state index in [1.165, 1.54) is 36.8 Å². The molecule has 1 N–H and O–H groups in total. The van der Waals surface area contributed by atoms with Crippen molar-refractivity contribution in [1.29, 1.82) is 0 Å². The second kappa shape index (κ2) is 6.89. The van der Waals surface area contributed by atoms with Crippen molar-refractivity contribution >= 4 is 5.97 Å². The largest absolute Gasteiger partial charge is 0.481 e. The van der Waals surface area contributed by atoms with E-state index in [1.807, 2.05) is 0 Å². The highest BCUT2D eigenvalue weighted by Crippen LogP contribution is 2.26. The van der Waals surface area contributed by atoms with Gasteiger partial charge in [0.2, 0.25) is 0 Å². The second-order valence-electron chi connectivity index (χ2n) is 6.09. The van der Waals surface area contributed by atoms with Crippen molar-refractivity contribution in [1.82, 2.24) is 4.90 Å². The van der Waals surface area contributed by atoms with Crippen LogP contribution in [0.3, 0.4) is 0 Å². The molecule has 2 rings (SSSR count). The van der Waals surface area contributed by atoms with Crippen molar-refractivity contribution in [2.24, 2.45) is 5.92 Å². The lowest BCUT2D eigenvalue weighted by Gasteiger charge is -2.30. The van der Waals surface area contributed by atoms with Crippen molar-refractivity contribution < 1.29 is 9.90 Å². The number of carboxylic acid groups (broad SMARTS) is 1. The maximum absolute atomic E-state index is 11.1. The summed E-state index contributed by atoms with van der Waals surface area (Å²) in [7, 11) is 0. The predicted octanol–water partition coefficient (Wildman–Crippen LogP) is 3.46. The Morgan fingerprint density at radius 2 is 1.90 bits per heavy atom. The fourth-order valence-corrected chi connectivity index (χ4v) is 2.97. The van der Waals surface area contributed by atoms with Gasteiger partial charge >= 0.3 is 5.97 Å². The molecule has 0 saturated heterocycles. The van der Waals surface area contributed by atoms with Crippen molar-refractivity contribution in [2.45, 2.75) is 52.1 Å². The van der Waals surface area contributed by atoms with Crippen molar-refractivity contribution in [3.63, 3.8) is 0 Å². The normalized spacial score (nSPS) is 17.6. The summed E-state index contributed by atoms with van der Waals surface area (Å²) in [5.41, 5.74) is 2.54. The number of hydrogen-bond acceptors (Lipinski definition) is 2. The van der Waals surface area contributed by atoms with E-state index in [9.17, 15) is 4.79 Å². The fraction of sp³-hybridized carbons (Fsp3) is 0.588. The molecule has 1 aliphatic carbocycles. The van der Waals surface area contributed by atoms with Gasteiger partial charge in [-0.2, -0.15) is 0 Å². The first-order valence-corrected chi connectivity index (χ1v) is 7.58. The topological polar surface area (TPSA) is 40.5 Å². The molecule has 0 amide bonds. The maximum Gasteiger partial charge on any atom is 0.307 e. The van der Waals surface area contributed by atoms with Crippen LogP contribution in [0.5, 0.6) is 0 Å². The highest BCUT2D eigenvalue weighted by molar-refractivity contribution is 5.69. The van der Waals surface area contributed by atoms with Crippen LogP contribution in [-0.4, -0.2) is 28.6 Å². The van der Waals surface area contributed by atoms with Gasteiger partial charge in [-0.15, -0.1) is 0 Å². The Labute approximate surface area is 121 Å². The Morgan fingerprint density at radius 1 is 1.30 bits per heavy atom. The lowest BCUT2D eigenvalue weighted by Crippen LogP contribution is -2.38. The molecule has 3 heteroatoms. The number of rotatable bonds is 6. The first-order valence-electron chi connectivity index (χ1n) is 7.58. The molecule has 0 spiro atoms. The van der Waals surface area contributed by atoms with Crippen LogP contribution < -0.4 is 0 Å². The molecule has 0 bridgehead atoms. The van der Waals surface area contributed by atoms with Crippen LogP contribution in [0.15, 0.2) is 24.3 Å². The number of hydrogen-bond donors (Lipinski definition) is 1. The van der Waals surface area contributed by atoms with Gasteiger partial charge in [-0.25, -0.2) is 0 Å². The van der Waals surface area contributed by atoms with Crippen LogP contribution in [0.1, 0.15) is 43.7 Å². The molecule has 3 nitrogen and oxygen atoms in total. The monoisotopic (exact) mass is 275 g/mol. The molecule has 0 aromatic heterocycles. The smallest absolute Gasteiger partial charge is 0.307 e. The molecule has 0 radical (unpaired) electrons. The average molecular weight is 275 g/mol. The lowest BCUT2D eigenvalue weighted by atomic mass is 10.1. The number of aryl methyl sites for hydroxylation is 1. The van der Waals surface area contributed by atoms with E-state index in [0.717, 1.165) is 6.54 Å². The van der Waals surface area contributed by atoms with E-state index in [0.29, 0.717) is 12.6 Å². The summed E-state index contributed by atoms with van der Waals surface area (Å²) in [5, 5.41) is 9.15. The number of aliphatic carboxylic acids is 1. The van der Waals surface area contributed by atoms with Crippen LogP contribution in [-0.2, 0) is 11.3 Å². The van der Waals surface area contributed by atoms with Gasteiger partial charge in [0, 0.05) is 19.1 Å². The van der Waals surface area contributed by atoms with Gasteiger partial charge in [-0.3, -0.25) is 9.69 Å². The fourth-order valence-electron chi connectivity index (χ4n) is 2.97. The molecular formula is C17H25NO2. The SMILES string of the molecule is Cc1ccc(CN(CC(C)C(=O)O)C2CCCC2)cc1. The molecule has 1 aromatic carbocycles. The van der Waals surface area contributed by atoms with Crippen molar-refractivity contribution in [3.8, 4) is 0 Å². The van der Waals surface area contributed by atoms with Crippen molar-refractivity contribution in [2.75, 3.05) is 6.54 Å². The maximum atomic E-state index is 11.1. The van der Waals surface area contributed by atoms with Crippen molar-refractivity contribution in [3.05, 3.63) is 35.4 Å². The number of carbonyl (C=O) groups is 1. The minimum Gasteiger partial charge on any atom is -0.481 e. The quantitative estimate of drug-likeness (QED) is 0.864. The Balaban J connectivity index is 2.05. The summed E-state index contributed by atoms with van der Waals surface area (Å²) in [6.07, 6.45) is 4.96. The van der Waals surface area contributed by atoms with Crippen LogP contribution in [0, 0.1) is 12.8 Å². The van der Waals surface area contributed by atoms with Crippen LogP contribution in [0.4, 0.5) is 0 Å². The highest BCUT2D eigenvalue weighted by Gasteiger charge is 2.25. The summed E-state index contributed by atoms with van der Waals surface area (Å²) >= 11 is 0. The number of nitrogens with zero attached hydrogens (tertiary/aromatic N) is 1. The zero-order valence-electron chi connectivity index (χ0n) is 12.5. The predicted molar refractivity (Wildman–Crippen MR) is 80.6 cm³/mol. The molecule has 1 aromatic rings. The molecule has 1 fully saturated rings. The molecule has 20 heavy (non-hydrogen) atoms. The Bertz CT molecular complexity index is 435. The van der Waals surface area contributed by atoms with E-state index < -0.39 is 5.97 Å². The van der Waals surface area contributed by atoms with Crippen LogP contribution >= 0.6 is 0 Å². The number of carboxylic acids is 1. The Morgan fingerprint density at radius 3 is 2.45 bits per heavy atom. The molecule has 1 saturated carbocycles.